The molecule has 32 heavy (non-hydrogen) atoms. The summed E-state index contributed by atoms with van der Waals surface area (Å²) in [6.45, 7) is 7.81. The second-order valence-corrected chi connectivity index (χ2v) is 8.53. The number of piperazine rings is 1. The third kappa shape index (κ3) is 4.12. The van der Waals surface area contributed by atoms with Crippen LogP contribution in [-0.4, -0.2) is 61.7 Å². The molecule has 0 radical (unpaired) electrons. The van der Waals surface area contributed by atoms with Crippen molar-refractivity contribution in [2.45, 2.75) is 13.3 Å². The van der Waals surface area contributed by atoms with Crippen LogP contribution in [0.5, 0.6) is 0 Å². The maximum Gasteiger partial charge on any atom is 0.321 e. The number of hydrogen-bond acceptors (Lipinski definition) is 4. The monoisotopic (exact) mass is 433 g/mol. The highest BCUT2D eigenvalue weighted by Crippen LogP contribution is 2.27. The molecule has 3 aromatic rings. The second kappa shape index (κ2) is 8.74. The lowest BCUT2D eigenvalue weighted by Gasteiger charge is -2.36. The molecule has 2 fully saturated rings. The number of rotatable bonds is 5. The fourth-order valence-corrected chi connectivity index (χ4v) is 4.65. The SMILES string of the molecule is Cc1ccc2c(N3CCN(CCc4cc(N5CCNC5=O)ccc4F)CC3)cccc2n1. The van der Waals surface area contributed by atoms with Crippen LogP contribution in [0.25, 0.3) is 10.9 Å². The van der Waals surface area contributed by atoms with Crippen LogP contribution in [0.1, 0.15) is 11.3 Å². The average Bonchev–Trinajstić information content (AvgIpc) is 3.24. The zero-order chi connectivity index (χ0) is 22.1. The van der Waals surface area contributed by atoms with Gasteiger partial charge in [-0.05, 0) is 61.4 Å². The summed E-state index contributed by atoms with van der Waals surface area (Å²) < 4.78 is 14.4. The van der Waals surface area contributed by atoms with Gasteiger partial charge in [-0.15, -0.1) is 0 Å². The highest BCUT2D eigenvalue weighted by molar-refractivity contribution is 5.94. The molecule has 0 spiro atoms. The first-order valence-corrected chi connectivity index (χ1v) is 11.3. The Labute approximate surface area is 187 Å². The van der Waals surface area contributed by atoms with Crippen LogP contribution in [0, 0.1) is 12.7 Å². The Morgan fingerprint density at radius 2 is 1.88 bits per heavy atom. The van der Waals surface area contributed by atoms with Crippen LogP contribution < -0.4 is 15.1 Å². The van der Waals surface area contributed by atoms with Gasteiger partial charge >= 0.3 is 6.03 Å². The van der Waals surface area contributed by atoms with Crippen molar-refractivity contribution in [3.8, 4) is 0 Å². The summed E-state index contributed by atoms with van der Waals surface area (Å²) in [6.07, 6.45) is 0.632. The van der Waals surface area contributed by atoms with E-state index in [9.17, 15) is 9.18 Å². The number of amides is 2. The molecule has 3 heterocycles. The lowest BCUT2D eigenvalue weighted by molar-refractivity contribution is 0.252. The molecule has 1 aromatic heterocycles. The van der Waals surface area contributed by atoms with Crippen LogP contribution in [0.2, 0.25) is 0 Å². The quantitative estimate of drug-likeness (QED) is 0.668. The van der Waals surface area contributed by atoms with Gasteiger partial charge in [-0.1, -0.05) is 6.07 Å². The smallest absolute Gasteiger partial charge is 0.321 e. The Kier molecular flexibility index (Phi) is 5.66. The van der Waals surface area contributed by atoms with Crippen molar-refractivity contribution in [2.75, 3.05) is 55.6 Å². The molecule has 0 saturated carbocycles. The number of anilines is 2. The predicted molar refractivity (Wildman–Crippen MR) is 126 cm³/mol. The molecule has 166 valence electrons. The summed E-state index contributed by atoms with van der Waals surface area (Å²) in [5.41, 5.74) is 4.73. The number of carbonyl (C=O) groups is 1. The highest BCUT2D eigenvalue weighted by atomic mass is 19.1. The molecule has 2 aliphatic heterocycles. The molecule has 2 aliphatic rings. The number of benzene rings is 2. The van der Waals surface area contributed by atoms with E-state index in [0.717, 1.165) is 49.6 Å². The number of nitrogens with zero attached hydrogens (tertiary/aromatic N) is 4. The van der Waals surface area contributed by atoms with Crippen molar-refractivity contribution in [3.63, 3.8) is 0 Å². The number of aryl methyl sites for hydroxylation is 1. The van der Waals surface area contributed by atoms with Crippen molar-refractivity contribution in [1.82, 2.24) is 15.2 Å². The molecule has 2 aromatic carbocycles. The van der Waals surface area contributed by atoms with E-state index in [4.69, 9.17) is 0 Å². The van der Waals surface area contributed by atoms with Crippen LogP contribution >= 0.6 is 0 Å². The molecule has 2 amide bonds. The van der Waals surface area contributed by atoms with Gasteiger partial charge in [-0.25, -0.2) is 9.18 Å². The average molecular weight is 434 g/mol. The van der Waals surface area contributed by atoms with Gasteiger partial charge in [0.25, 0.3) is 0 Å². The molecule has 0 aliphatic carbocycles. The van der Waals surface area contributed by atoms with Gasteiger partial charge in [-0.2, -0.15) is 0 Å². The van der Waals surface area contributed by atoms with Crippen molar-refractivity contribution < 1.29 is 9.18 Å². The first kappa shape index (κ1) is 20.7. The third-order valence-corrected chi connectivity index (χ3v) is 6.46. The normalized spacial score (nSPS) is 17.2. The maximum absolute atomic E-state index is 14.4. The standard InChI is InChI=1S/C25H28FN5O/c1-18-5-7-21-23(28-18)3-2-4-24(21)30-15-13-29(14-16-30)11-9-19-17-20(6-8-22(19)26)31-12-10-27-25(31)32/h2-8,17H,9-16H2,1H3,(H,27,32). The topological polar surface area (TPSA) is 51.7 Å². The summed E-state index contributed by atoms with van der Waals surface area (Å²) in [4.78, 5) is 23.1. The van der Waals surface area contributed by atoms with Crippen molar-refractivity contribution >= 4 is 28.3 Å². The van der Waals surface area contributed by atoms with E-state index in [-0.39, 0.29) is 11.8 Å². The van der Waals surface area contributed by atoms with E-state index < -0.39 is 0 Å². The summed E-state index contributed by atoms with van der Waals surface area (Å²) in [5.74, 6) is -0.203. The van der Waals surface area contributed by atoms with Gasteiger partial charge in [0.15, 0.2) is 0 Å². The molecular formula is C25H28FN5O. The van der Waals surface area contributed by atoms with Gasteiger partial charge in [-0.3, -0.25) is 14.8 Å². The molecule has 5 rings (SSSR count). The molecule has 1 N–H and O–H groups in total. The predicted octanol–water partition coefficient (Wildman–Crippen LogP) is 3.58. The fraction of sp³-hybridized carbons (Fsp3) is 0.360. The number of fused-ring (bicyclic) bond motifs is 1. The third-order valence-electron chi connectivity index (χ3n) is 6.46. The Morgan fingerprint density at radius 3 is 2.66 bits per heavy atom. The van der Waals surface area contributed by atoms with Gasteiger partial charge in [0, 0.05) is 68.3 Å². The fourth-order valence-electron chi connectivity index (χ4n) is 4.65. The largest absolute Gasteiger partial charge is 0.368 e. The van der Waals surface area contributed by atoms with Gasteiger partial charge in [0.2, 0.25) is 0 Å². The van der Waals surface area contributed by atoms with Crippen LogP contribution in [-0.2, 0) is 6.42 Å². The molecular weight excluding hydrogens is 405 g/mol. The summed E-state index contributed by atoms with van der Waals surface area (Å²) in [6, 6.07) is 15.4. The minimum atomic E-state index is -0.203. The first-order chi connectivity index (χ1) is 15.6. The minimum Gasteiger partial charge on any atom is -0.368 e. The molecule has 2 saturated heterocycles. The lowest BCUT2D eigenvalue weighted by Crippen LogP contribution is -2.47. The molecule has 0 bridgehead atoms. The maximum atomic E-state index is 14.4. The molecule has 7 heteroatoms. The van der Waals surface area contributed by atoms with Crippen molar-refractivity contribution in [2.24, 2.45) is 0 Å². The summed E-state index contributed by atoms with van der Waals surface area (Å²) >= 11 is 0. The Balaban J connectivity index is 1.21. The van der Waals surface area contributed by atoms with Crippen molar-refractivity contribution in [1.29, 1.82) is 0 Å². The highest BCUT2D eigenvalue weighted by Gasteiger charge is 2.23. The minimum absolute atomic E-state index is 0.113. The Hall–Kier alpha value is -3.19. The van der Waals surface area contributed by atoms with Crippen LogP contribution in [0.3, 0.4) is 0 Å². The molecule has 0 unspecified atom stereocenters. The lowest BCUT2D eigenvalue weighted by atomic mass is 10.1. The number of carbonyl (C=O) groups excluding carboxylic acids is 1. The zero-order valence-corrected chi connectivity index (χ0v) is 18.4. The first-order valence-electron chi connectivity index (χ1n) is 11.3. The number of pyridine rings is 1. The van der Waals surface area contributed by atoms with Gasteiger partial charge < -0.3 is 10.2 Å². The summed E-state index contributed by atoms with van der Waals surface area (Å²) in [5, 5.41) is 3.98. The van der Waals surface area contributed by atoms with Crippen LogP contribution in [0.4, 0.5) is 20.6 Å². The van der Waals surface area contributed by atoms with E-state index >= 15 is 0 Å². The number of aromatic nitrogens is 1. The molecule has 6 nitrogen and oxygen atoms in total. The van der Waals surface area contributed by atoms with E-state index in [0.29, 0.717) is 25.1 Å². The van der Waals surface area contributed by atoms with Gasteiger partial charge in [0.05, 0.1) is 5.52 Å². The van der Waals surface area contributed by atoms with E-state index in [2.05, 4.69) is 50.4 Å². The van der Waals surface area contributed by atoms with E-state index in [1.165, 1.54) is 17.1 Å². The van der Waals surface area contributed by atoms with Gasteiger partial charge in [0.1, 0.15) is 5.82 Å². The number of urea groups is 1. The van der Waals surface area contributed by atoms with E-state index in [1.54, 1.807) is 11.0 Å². The van der Waals surface area contributed by atoms with Crippen LogP contribution in [0.15, 0.2) is 48.5 Å². The summed E-state index contributed by atoms with van der Waals surface area (Å²) in [7, 11) is 0. The Morgan fingerprint density at radius 1 is 1.03 bits per heavy atom. The molecule has 0 atom stereocenters. The second-order valence-electron chi connectivity index (χ2n) is 8.53. The number of nitrogens with one attached hydrogen (secondary N) is 1. The number of halogens is 1. The van der Waals surface area contributed by atoms with E-state index in [1.807, 2.05) is 13.0 Å². The zero-order valence-electron chi connectivity index (χ0n) is 18.4. The Bertz CT molecular complexity index is 1140. The van der Waals surface area contributed by atoms with Crippen molar-refractivity contribution in [3.05, 3.63) is 65.6 Å². The number of hydrogen-bond donors (Lipinski definition) is 1.